The Balaban J connectivity index is 1.95. The number of thioether (sulfide) groups is 2. The van der Waals surface area contributed by atoms with E-state index in [1.54, 1.807) is 22.7 Å². The van der Waals surface area contributed by atoms with Crippen molar-refractivity contribution < 1.29 is 0 Å². The fourth-order valence-electron chi connectivity index (χ4n) is 1.81. The van der Waals surface area contributed by atoms with E-state index < -0.39 is 0 Å². The Morgan fingerprint density at radius 3 is 2.53 bits per heavy atom. The van der Waals surface area contributed by atoms with Crippen molar-refractivity contribution in [3.63, 3.8) is 0 Å². The first-order valence-electron chi connectivity index (χ1n) is 4.40. The summed E-state index contributed by atoms with van der Waals surface area (Å²) < 4.78 is 3.97. The predicted octanol–water partition coefficient (Wildman–Crippen LogP) is 5.40. The van der Waals surface area contributed by atoms with Crippen LogP contribution in [-0.4, -0.2) is 20.2 Å². The Bertz CT molecular complexity index is 438. The highest BCUT2D eigenvalue weighted by molar-refractivity contribution is 9.12. The van der Waals surface area contributed by atoms with Crippen LogP contribution in [0.1, 0.15) is 6.42 Å². The van der Waals surface area contributed by atoms with Gasteiger partial charge in [-0.15, -0.1) is 46.2 Å². The number of alkyl halides is 2. The molecule has 0 saturated heterocycles. The largest absolute Gasteiger partial charge is 0.145 e. The molecule has 0 bridgehead atoms. The van der Waals surface area contributed by atoms with Crippen LogP contribution in [0.15, 0.2) is 8.42 Å². The van der Waals surface area contributed by atoms with Crippen LogP contribution < -0.4 is 0 Å². The number of halogens is 2. The molecule has 4 atom stereocenters. The SMILES string of the molecule is S=c1sc2c(s1)S[C@H]1C[C@@H](Br)[C@@H](Br)[C@@H]1S2. The second kappa shape index (κ2) is 4.55. The molecule has 0 spiro atoms. The van der Waals surface area contributed by atoms with Gasteiger partial charge >= 0.3 is 0 Å². The molecular formula is C8H6Br2S5. The Morgan fingerprint density at radius 1 is 1.13 bits per heavy atom. The van der Waals surface area contributed by atoms with E-state index in [1.807, 2.05) is 23.5 Å². The highest BCUT2D eigenvalue weighted by Gasteiger charge is 2.45. The summed E-state index contributed by atoms with van der Waals surface area (Å²) in [5.41, 5.74) is 0. The predicted molar refractivity (Wildman–Crippen MR) is 82.4 cm³/mol. The van der Waals surface area contributed by atoms with Crippen LogP contribution in [0.3, 0.4) is 0 Å². The molecule has 15 heavy (non-hydrogen) atoms. The molecule has 7 heteroatoms. The van der Waals surface area contributed by atoms with Gasteiger partial charge in [0.05, 0.1) is 8.42 Å². The molecule has 0 unspecified atom stereocenters. The molecule has 2 aliphatic rings. The average Bonchev–Trinajstić information content (AvgIpc) is 2.65. The second-order valence-electron chi connectivity index (χ2n) is 3.46. The first-order chi connectivity index (χ1) is 7.15. The number of fused-ring (bicyclic) bond motifs is 2. The van der Waals surface area contributed by atoms with E-state index in [0.717, 1.165) is 8.39 Å². The molecule has 1 saturated carbocycles. The van der Waals surface area contributed by atoms with Crippen LogP contribution in [0.25, 0.3) is 0 Å². The summed E-state index contributed by atoms with van der Waals surface area (Å²) in [6.45, 7) is 0. The van der Waals surface area contributed by atoms with Crippen LogP contribution in [0, 0.1) is 3.14 Å². The first-order valence-corrected chi connectivity index (χ1v) is 10.0. The molecule has 2 heterocycles. The zero-order valence-electron chi connectivity index (χ0n) is 7.31. The lowest BCUT2D eigenvalue weighted by molar-refractivity contribution is 0.922. The summed E-state index contributed by atoms with van der Waals surface area (Å²) in [7, 11) is 0. The lowest BCUT2D eigenvalue weighted by atomic mass is 10.4. The van der Waals surface area contributed by atoms with Gasteiger partial charge in [-0.25, -0.2) is 0 Å². The van der Waals surface area contributed by atoms with E-state index >= 15 is 0 Å². The van der Waals surface area contributed by atoms with E-state index in [9.17, 15) is 0 Å². The highest BCUT2D eigenvalue weighted by atomic mass is 79.9. The smallest absolute Gasteiger partial charge is 0.109 e. The Morgan fingerprint density at radius 2 is 1.80 bits per heavy atom. The normalized spacial score (nSPS) is 38.8. The van der Waals surface area contributed by atoms with Gasteiger partial charge in [0.1, 0.15) is 3.14 Å². The highest BCUT2D eigenvalue weighted by Crippen LogP contribution is 2.57. The fraction of sp³-hybridized carbons (Fsp3) is 0.625. The molecule has 0 nitrogen and oxygen atoms in total. The van der Waals surface area contributed by atoms with E-state index in [-0.39, 0.29) is 0 Å². The van der Waals surface area contributed by atoms with Crippen LogP contribution in [0.4, 0.5) is 0 Å². The molecule has 1 aliphatic heterocycles. The fourth-order valence-corrected chi connectivity index (χ4v) is 11.3. The molecule has 0 amide bonds. The molecule has 3 rings (SSSR count). The zero-order chi connectivity index (χ0) is 10.6. The Kier molecular flexibility index (Phi) is 3.64. The maximum atomic E-state index is 5.25. The number of hydrogen-bond donors (Lipinski definition) is 0. The first kappa shape index (κ1) is 12.0. The van der Waals surface area contributed by atoms with Gasteiger partial charge < -0.3 is 0 Å². The summed E-state index contributed by atoms with van der Waals surface area (Å²) in [6.07, 6.45) is 1.26. The van der Waals surface area contributed by atoms with E-state index in [2.05, 4.69) is 31.9 Å². The second-order valence-corrected chi connectivity index (χ2v) is 11.9. The summed E-state index contributed by atoms with van der Waals surface area (Å²) in [5.74, 6) is 0. The Hall–Kier alpha value is 1.93. The van der Waals surface area contributed by atoms with Gasteiger partial charge in [-0.2, -0.15) is 0 Å². The Labute approximate surface area is 127 Å². The molecule has 1 fully saturated rings. The molecule has 0 aromatic carbocycles. The number of hydrogen-bond acceptors (Lipinski definition) is 5. The molecular weight excluding hydrogens is 416 g/mol. The van der Waals surface area contributed by atoms with Crippen LogP contribution in [0.5, 0.6) is 0 Å². The van der Waals surface area contributed by atoms with E-state index in [1.165, 1.54) is 14.8 Å². The van der Waals surface area contributed by atoms with E-state index in [0.29, 0.717) is 14.9 Å². The molecule has 1 aliphatic carbocycles. The van der Waals surface area contributed by atoms with Gasteiger partial charge in [0, 0.05) is 20.2 Å². The van der Waals surface area contributed by atoms with Crippen molar-refractivity contribution in [3.8, 4) is 0 Å². The minimum Gasteiger partial charge on any atom is -0.109 e. The molecule has 82 valence electrons. The third-order valence-corrected chi connectivity index (χ3v) is 12.1. The summed E-state index contributed by atoms with van der Waals surface area (Å²) >= 11 is 20.4. The van der Waals surface area contributed by atoms with Crippen LogP contribution in [0.2, 0.25) is 0 Å². The van der Waals surface area contributed by atoms with Gasteiger partial charge in [-0.05, 0) is 6.42 Å². The van der Waals surface area contributed by atoms with Crippen molar-refractivity contribution in [1.29, 1.82) is 0 Å². The van der Waals surface area contributed by atoms with Crippen molar-refractivity contribution >= 4 is 90.3 Å². The van der Waals surface area contributed by atoms with Crippen LogP contribution >= 0.6 is 90.3 Å². The topological polar surface area (TPSA) is 0 Å². The van der Waals surface area contributed by atoms with Gasteiger partial charge in [-0.3, -0.25) is 0 Å². The zero-order valence-corrected chi connectivity index (χ0v) is 14.6. The maximum absolute atomic E-state index is 5.25. The van der Waals surface area contributed by atoms with Crippen LogP contribution in [-0.2, 0) is 0 Å². The van der Waals surface area contributed by atoms with E-state index in [4.69, 9.17) is 12.2 Å². The monoisotopic (exact) mass is 420 g/mol. The average molecular weight is 422 g/mol. The van der Waals surface area contributed by atoms with Crippen molar-refractivity contribution in [1.82, 2.24) is 0 Å². The summed E-state index contributed by atoms with van der Waals surface area (Å²) in [4.78, 5) is 1.21. The van der Waals surface area contributed by atoms with Crippen molar-refractivity contribution in [2.75, 3.05) is 0 Å². The summed E-state index contributed by atoms with van der Waals surface area (Å²) in [5, 5.41) is 1.45. The van der Waals surface area contributed by atoms with Gasteiger partial charge in [0.2, 0.25) is 0 Å². The molecule has 1 aromatic rings. The molecule has 0 radical (unpaired) electrons. The van der Waals surface area contributed by atoms with Crippen molar-refractivity contribution in [3.05, 3.63) is 3.14 Å². The minimum atomic E-state index is 0.592. The standard InChI is InChI=1S/C8H6Br2S5/c9-2-1-3-5(4(2)10)13-7-6(12-3)14-8(11)15-7/h2-5H,1H2/t2-,3+,4-,5-/m1/s1. The van der Waals surface area contributed by atoms with Crippen molar-refractivity contribution in [2.45, 2.75) is 35.0 Å². The third-order valence-electron chi connectivity index (χ3n) is 2.50. The van der Waals surface area contributed by atoms with Gasteiger partial charge in [0.15, 0.2) is 0 Å². The van der Waals surface area contributed by atoms with Gasteiger partial charge in [-0.1, -0.05) is 44.1 Å². The lowest BCUT2D eigenvalue weighted by Crippen LogP contribution is -2.23. The number of rotatable bonds is 0. The minimum absolute atomic E-state index is 0.592. The third kappa shape index (κ3) is 2.15. The summed E-state index contributed by atoms with van der Waals surface area (Å²) in [6, 6.07) is 0. The maximum Gasteiger partial charge on any atom is 0.145 e. The lowest BCUT2D eigenvalue weighted by Gasteiger charge is -2.24. The quantitative estimate of drug-likeness (QED) is 0.406. The van der Waals surface area contributed by atoms with Gasteiger partial charge in [0.25, 0.3) is 0 Å². The molecule has 1 aromatic heterocycles. The molecule has 0 N–H and O–H groups in total. The van der Waals surface area contributed by atoms with Crippen molar-refractivity contribution in [2.24, 2.45) is 0 Å².